The highest BCUT2D eigenvalue weighted by Crippen LogP contribution is 2.24. The molecule has 1 aromatic carbocycles. The van der Waals surface area contributed by atoms with Crippen LogP contribution in [-0.4, -0.2) is 22.1 Å². The minimum atomic E-state index is 0.648. The summed E-state index contributed by atoms with van der Waals surface area (Å²) in [5, 5.41) is 0.984. The third-order valence-electron chi connectivity index (χ3n) is 2.49. The molecule has 0 atom stereocenters. The summed E-state index contributed by atoms with van der Waals surface area (Å²) >= 11 is 1.62. The fraction of sp³-hybridized carbons (Fsp3) is 0.308. The molecule has 0 bridgehead atoms. The van der Waals surface area contributed by atoms with Gasteiger partial charge < -0.3 is 9.30 Å². The van der Waals surface area contributed by atoms with E-state index < -0.39 is 0 Å². The van der Waals surface area contributed by atoms with Gasteiger partial charge in [-0.15, -0.1) is 0 Å². The smallest absolute Gasteiger partial charge is 0.170 e. The highest BCUT2D eigenvalue weighted by atomic mass is 32.2. The molecule has 0 aliphatic heterocycles. The molecule has 0 N–H and O–H groups in total. The summed E-state index contributed by atoms with van der Waals surface area (Å²) in [4.78, 5) is 4.41. The van der Waals surface area contributed by atoms with Gasteiger partial charge in [-0.1, -0.05) is 42.1 Å². The van der Waals surface area contributed by atoms with E-state index in [2.05, 4.69) is 21.7 Å². The summed E-state index contributed by atoms with van der Waals surface area (Å²) in [6, 6.07) is 10.3. The van der Waals surface area contributed by atoms with Crippen molar-refractivity contribution in [1.29, 1.82) is 0 Å². The third-order valence-corrected chi connectivity index (χ3v) is 3.41. The average molecular weight is 248 g/mol. The molecule has 0 saturated heterocycles. The second-order valence-corrected chi connectivity index (χ2v) is 4.50. The van der Waals surface area contributed by atoms with Crippen LogP contribution in [0.4, 0.5) is 0 Å². The monoisotopic (exact) mass is 248 g/mol. The molecule has 2 aromatic rings. The standard InChI is InChI=1S/C13H16N2OS/c1-3-16-10-17-13-14-9-12(15(13)2)11-7-5-4-6-8-11/h4-9H,3,10H2,1-2H3. The second-order valence-electron chi connectivity index (χ2n) is 3.61. The van der Waals surface area contributed by atoms with Crippen LogP contribution in [0.25, 0.3) is 11.3 Å². The molecule has 0 aliphatic carbocycles. The Kier molecular flexibility index (Phi) is 4.23. The Morgan fingerprint density at radius 2 is 2.06 bits per heavy atom. The van der Waals surface area contributed by atoms with Crippen LogP contribution >= 0.6 is 11.8 Å². The molecule has 0 unspecified atom stereocenters. The first-order valence-corrected chi connectivity index (χ1v) is 6.59. The molecular weight excluding hydrogens is 232 g/mol. The normalized spacial score (nSPS) is 10.7. The van der Waals surface area contributed by atoms with E-state index in [1.165, 1.54) is 5.56 Å². The highest BCUT2D eigenvalue weighted by molar-refractivity contribution is 7.99. The Morgan fingerprint density at radius 3 is 2.76 bits per heavy atom. The summed E-state index contributed by atoms with van der Waals surface area (Å²) in [6.45, 7) is 2.73. The number of hydrogen-bond acceptors (Lipinski definition) is 3. The minimum Gasteiger partial charge on any atom is -0.371 e. The molecule has 0 amide bonds. The van der Waals surface area contributed by atoms with Crippen LogP contribution in [-0.2, 0) is 11.8 Å². The molecule has 0 saturated carbocycles. The van der Waals surface area contributed by atoms with Crippen LogP contribution in [0.3, 0.4) is 0 Å². The van der Waals surface area contributed by atoms with Gasteiger partial charge in [-0.3, -0.25) is 0 Å². The van der Waals surface area contributed by atoms with Gasteiger partial charge in [-0.2, -0.15) is 0 Å². The first-order chi connectivity index (χ1) is 8.33. The number of benzene rings is 1. The third kappa shape index (κ3) is 2.90. The van der Waals surface area contributed by atoms with E-state index in [0.29, 0.717) is 5.94 Å². The van der Waals surface area contributed by atoms with Gasteiger partial charge in [0.05, 0.1) is 17.8 Å². The van der Waals surface area contributed by atoms with Crippen molar-refractivity contribution in [2.75, 3.05) is 12.5 Å². The zero-order valence-electron chi connectivity index (χ0n) is 10.1. The predicted molar refractivity (Wildman–Crippen MR) is 71.0 cm³/mol. The number of ether oxygens (including phenoxy) is 1. The topological polar surface area (TPSA) is 27.1 Å². The minimum absolute atomic E-state index is 0.648. The second kappa shape index (κ2) is 5.89. The first-order valence-electron chi connectivity index (χ1n) is 5.60. The van der Waals surface area contributed by atoms with Crippen LogP contribution in [0, 0.1) is 0 Å². The fourth-order valence-electron chi connectivity index (χ4n) is 1.58. The fourth-order valence-corrected chi connectivity index (χ4v) is 2.36. The Bertz CT molecular complexity index is 468. The van der Waals surface area contributed by atoms with Crippen molar-refractivity contribution in [3.05, 3.63) is 36.5 Å². The summed E-state index contributed by atoms with van der Waals surface area (Å²) < 4.78 is 7.41. The van der Waals surface area contributed by atoms with Crippen molar-refractivity contribution < 1.29 is 4.74 Å². The molecule has 2 rings (SSSR count). The summed E-state index contributed by atoms with van der Waals surface area (Å²) in [7, 11) is 2.03. The Labute approximate surface area is 106 Å². The van der Waals surface area contributed by atoms with Crippen molar-refractivity contribution >= 4 is 11.8 Å². The van der Waals surface area contributed by atoms with Crippen LogP contribution in [0.15, 0.2) is 41.7 Å². The molecule has 1 heterocycles. The van der Waals surface area contributed by atoms with Crippen molar-refractivity contribution in [3.63, 3.8) is 0 Å². The molecule has 17 heavy (non-hydrogen) atoms. The summed E-state index contributed by atoms with van der Waals surface area (Å²) in [5.74, 6) is 0.648. The lowest BCUT2D eigenvalue weighted by Gasteiger charge is -2.05. The predicted octanol–water partition coefficient (Wildman–Crippen LogP) is 3.17. The average Bonchev–Trinajstić information content (AvgIpc) is 2.73. The van der Waals surface area contributed by atoms with Gasteiger partial charge in [0, 0.05) is 13.7 Å². The van der Waals surface area contributed by atoms with Crippen LogP contribution in [0.2, 0.25) is 0 Å². The Balaban J connectivity index is 2.15. The van der Waals surface area contributed by atoms with Crippen LogP contribution in [0.1, 0.15) is 6.92 Å². The van der Waals surface area contributed by atoms with E-state index in [0.717, 1.165) is 17.5 Å². The van der Waals surface area contributed by atoms with Crippen LogP contribution in [0.5, 0.6) is 0 Å². The SMILES string of the molecule is CCOCSc1ncc(-c2ccccc2)n1C. The van der Waals surface area contributed by atoms with Gasteiger partial charge in [-0.25, -0.2) is 4.98 Å². The lowest BCUT2D eigenvalue weighted by atomic mass is 10.2. The molecule has 0 radical (unpaired) electrons. The summed E-state index contributed by atoms with van der Waals surface area (Å²) in [5.41, 5.74) is 2.32. The quantitative estimate of drug-likeness (QED) is 0.462. The number of thioether (sulfide) groups is 1. The van der Waals surface area contributed by atoms with E-state index in [1.807, 2.05) is 38.4 Å². The number of hydrogen-bond donors (Lipinski definition) is 0. The van der Waals surface area contributed by atoms with Gasteiger partial charge in [0.1, 0.15) is 0 Å². The van der Waals surface area contributed by atoms with Crippen LogP contribution < -0.4 is 0 Å². The molecule has 4 heteroatoms. The highest BCUT2D eigenvalue weighted by Gasteiger charge is 2.08. The van der Waals surface area contributed by atoms with E-state index >= 15 is 0 Å². The molecule has 0 fully saturated rings. The zero-order valence-corrected chi connectivity index (χ0v) is 10.9. The first kappa shape index (κ1) is 12.2. The Hall–Kier alpha value is -1.26. The largest absolute Gasteiger partial charge is 0.371 e. The molecule has 1 aromatic heterocycles. The molecular formula is C13H16N2OS. The van der Waals surface area contributed by atoms with E-state index in [9.17, 15) is 0 Å². The maximum atomic E-state index is 5.32. The van der Waals surface area contributed by atoms with Crippen molar-refractivity contribution in [2.24, 2.45) is 7.05 Å². The van der Waals surface area contributed by atoms with Gasteiger partial charge in [0.15, 0.2) is 5.16 Å². The molecule has 0 spiro atoms. The van der Waals surface area contributed by atoms with Crippen molar-refractivity contribution in [3.8, 4) is 11.3 Å². The van der Waals surface area contributed by atoms with E-state index in [-0.39, 0.29) is 0 Å². The number of imidazole rings is 1. The molecule has 90 valence electrons. The lowest BCUT2D eigenvalue weighted by Crippen LogP contribution is -1.96. The van der Waals surface area contributed by atoms with Gasteiger partial charge >= 0.3 is 0 Å². The van der Waals surface area contributed by atoms with Gasteiger partial charge in [0.2, 0.25) is 0 Å². The van der Waals surface area contributed by atoms with Gasteiger partial charge in [-0.05, 0) is 12.5 Å². The summed E-state index contributed by atoms with van der Waals surface area (Å²) in [6.07, 6.45) is 1.91. The number of aromatic nitrogens is 2. The maximum Gasteiger partial charge on any atom is 0.170 e. The van der Waals surface area contributed by atoms with E-state index in [4.69, 9.17) is 4.74 Å². The van der Waals surface area contributed by atoms with E-state index in [1.54, 1.807) is 11.8 Å². The molecule has 3 nitrogen and oxygen atoms in total. The Morgan fingerprint density at radius 1 is 1.29 bits per heavy atom. The number of rotatable bonds is 5. The molecule has 0 aliphatic rings. The van der Waals surface area contributed by atoms with Gasteiger partial charge in [0.25, 0.3) is 0 Å². The number of nitrogens with zero attached hydrogens (tertiary/aromatic N) is 2. The maximum absolute atomic E-state index is 5.32. The lowest BCUT2D eigenvalue weighted by molar-refractivity contribution is 0.199. The zero-order chi connectivity index (χ0) is 12.1. The van der Waals surface area contributed by atoms with Crippen molar-refractivity contribution in [2.45, 2.75) is 12.1 Å². The van der Waals surface area contributed by atoms with Crippen molar-refractivity contribution in [1.82, 2.24) is 9.55 Å².